The summed E-state index contributed by atoms with van der Waals surface area (Å²) in [6.45, 7) is 6.85. The van der Waals surface area contributed by atoms with Crippen molar-refractivity contribution < 1.29 is 4.79 Å². The van der Waals surface area contributed by atoms with Gasteiger partial charge in [-0.15, -0.1) is 0 Å². The second kappa shape index (κ2) is 6.46. The van der Waals surface area contributed by atoms with Crippen molar-refractivity contribution in [3.05, 3.63) is 0 Å². The van der Waals surface area contributed by atoms with Gasteiger partial charge in [-0.05, 0) is 43.4 Å². The molecule has 2 saturated carbocycles. The first kappa shape index (κ1) is 15.8. The SMILES string of the molecule is CC1CCC(C(C)C)C(NC(=O)C2(N)CCCCC2)C1. The van der Waals surface area contributed by atoms with Crippen LogP contribution < -0.4 is 11.1 Å². The van der Waals surface area contributed by atoms with Crippen molar-refractivity contribution in [3.8, 4) is 0 Å². The summed E-state index contributed by atoms with van der Waals surface area (Å²) >= 11 is 0. The highest BCUT2D eigenvalue weighted by Gasteiger charge is 2.39. The van der Waals surface area contributed by atoms with Crippen molar-refractivity contribution >= 4 is 5.91 Å². The van der Waals surface area contributed by atoms with Crippen LogP contribution in [0.1, 0.15) is 72.1 Å². The predicted octanol–water partition coefficient (Wildman–Crippen LogP) is 3.23. The van der Waals surface area contributed by atoms with Gasteiger partial charge in [-0.2, -0.15) is 0 Å². The van der Waals surface area contributed by atoms with E-state index < -0.39 is 5.54 Å². The van der Waals surface area contributed by atoms with Crippen molar-refractivity contribution in [2.24, 2.45) is 23.5 Å². The average Bonchev–Trinajstić information content (AvgIpc) is 2.39. The van der Waals surface area contributed by atoms with E-state index in [1.807, 2.05) is 0 Å². The van der Waals surface area contributed by atoms with Crippen molar-refractivity contribution in [3.63, 3.8) is 0 Å². The van der Waals surface area contributed by atoms with Crippen molar-refractivity contribution in [1.82, 2.24) is 5.32 Å². The first-order valence-corrected chi connectivity index (χ1v) is 8.52. The molecule has 2 fully saturated rings. The van der Waals surface area contributed by atoms with Crippen LogP contribution in [-0.4, -0.2) is 17.5 Å². The first-order chi connectivity index (χ1) is 9.42. The molecule has 2 aliphatic rings. The summed E-state index contributed by atoms with van der Waals surface area (Å²) in [6, 6.07) is 0.327. The Hall–Kier alpha value is -0.570. The van der Waals surface area contributed by atoms with Crippen molar-refractivity contribution in [2.75, 3.05) is 0 Å². The largest absolute Gasteiger partial charge is 0.351 e. The van der Waals surface area contributed by atoms with Crippen LogP contribution in [0.3, 0.4) is 0 Å². The molecule has 3 N–H and O–H groups in total. The Bertz CT molecular complexity index is 334. The smallest absolute Gasteiger partial charge is 0.240 e. The summed E-state index contributed by atoms with van der Waals surface area (Å²) in [5.74, 6) is 2.08. The Labute approximate surface area is 124 Å². The van der Waals surface area contributed by atoms with E-state index in [1.54, 1.807) is 0 Å². The highest BCUT2D eigenvalue weighted by Crippen LogP contribution is 2.34. The zero-order valence-corrected chi connectivity index (χ0v) is 13.5. The van der Waals surface area contributed by atoms with Crippen LogP contribution >= 0.6 is 0 Å². The summed E-state index contributed by atoms with van der Waals surface area (Å²) in [6.07, 6.45) is 8.77. The Kier molecular flexibility index (Phi) is 5.11. The van der Waals surface area contributed by atoms with Gasteiger partial charge in [-0.3, -0.25) is 4.79 Å². The summed E-state index contributed by atoms with van der Waals surface area (Å²) in [7, 11) is 0. The van der Waals surface area contributed by atoms with Crippen LogP contribution in [0.4, 0.5) is 0 Å². The molecule has 0 bridgehead atoms. The fourth-order valence-electron chi connectivity index (χ4n) is 4.09. The van der Waals surface area contributed by atoms with E-state index in [0.29, 0.717) is 17.9 Å². The lowest BCUT2D eigenvalue weighted by Gasteiger charge is -2.40. The van der Waals surface area contributed by atoms with Gasteiger partial charge in [0, 0.05) is 6.04 Å². The molecule has 1 amide bonds. The predicted molar refractivity (Wildman–Crippen MR) is 83.3 cm³/mol. The maximum absolute atomic E-state index is 12.6. The number of amides is 1. The molecule has 0 heterocycles. The standard InChI is InChI=1S/C17H32N2O/c1-12(2)14-8-7-13(3)11-15(14)19-16(20)17(18)9-5-4-6-10-17/h12-15H,4-11,18H2,1-3H3,(H,19,20). The van der Waals surface area contributed by atoms with Gasteiger partial charge in [0.15, 0.2) is 0 Å². The minimum absolute atomic E-state index is 0.113. The highest BCUT2D eigenvalue weighted by molar-refractivity contribution is 5.86. The number of rotatable bonds is 3. The molecule has 3 heteroatoms. The molecule has 0 spiro atoms. The molecule has 20 heavy (non-hydrogen) atoms. The van der Waals surface area contributed by atoms with Crippen molar-refractivity contribution in [2.45, 2.75) is 83.7 Å². The number of carbonyl (C=O) groups is 1. The summed E-state index contributed by atoms with van der Waals surface area (Å²) in [4.78, 5) is 12.6. The number of nitrogens with two attached hydrogens (primary N) is 1. The maximum Gasteiger partial charge on any atom is 0.240 e. The third-order valence-electron chi connectivity index (χ3n) is 5.54. The number of carbonyl (C=O) groups excluding carboxylic acids is 1. The average molecular weight is 280 g/mol. The molecule has 2 aliphatic carbocycles. The van der Waals surface area contributed by atoms with E-state index in [0.717, 1.165) is 38.0 Å². The van der Waals surface area contributed by atoms with Crippen LogP contribution in [0.25, 0.3) is 0 Å². The van der Waals surface area contributed by atoms with E-state index in [9.17, 15) is 4.79 Å². The normalized spacial score (nSPS) is 34.0. The third kappa shape index (κ3) is 3.55. The van der Waals surface area contributed by atoms with Gasteiger partial charge in [-0.25, -0.2) is 0 Å². The monoisotopic (exact) mass is 280 g/mol. The molecule has 3 nitrogen and oxygen atoms in total. The molecule has 3 unspecified atom stereocenters. The fourth-order valence-corrected chi connectivity index (χ4v) is 4.09. The van der Waals surface area contributed by atoms with E-state index in [4.69, 9.17) is 5.73 Å². The third-order valence-corrected chi connectivity index (χ3v) is 5.54. The molecule has 2 rings (SSSR count). The summed E-state index contributed by atoms with van der Waals surface area (Å²) < 4.78 is 0. The topological polar surface area (TPSA) is 55.1 Å². The zero-order valence-electron chi connectivity index (χ0n) is 13.5. The number of hydrogen-bond acceptors (Lipinski definition) is 2. The van der Waals surface area contributed by atoms with Gasteiger partial charge in [0.05, 0.1) is 5.54 Å². The van der Waals surface area contributed by atoms with Crippen LogP contribution in [0.15, 0.2) is 0 Å². The van der Waals surface area contributed by atoms with Gasteiger partial charge < -0.3 is 11.1 Å². The molecule has 0 saturated heterocycles. The molecule has 3 atom stereocenters. The molecule has 0 aromatic carbocycles. The Balaban J connectivity index is 2.00. The summed E-state index contributed by atoms with van der Waals surface area (Å²) in [5, 5.41) is 3.33. The van der Waals surface area contributed by atoms with Crippen LogP contribution in [0.5, 0.6) is 0 Å². The van der Waals surface area contributed by atoms with Gasteiger partial charge in [0.1, 0.15) is 0 Å². The molecule has 0 aromatic rings. The second-order valence-corrected chi connectivity index (χ2v) is 7.62. The molecular weight excluding hydrogens is 248 g/mol. The van der Waals surface area contributed by atoms with E-state index in [2.05, 4.69) is 26.1 Å². The van der Waals surface area contributed by atoms with E-state index in [-0.39, 0.29) is 5.91 Å². The second-order valence-electron chi connectivity index (χ2n) is 7.62. The molecule has 116 valence electrons. The van der Waals surface area contributed by atoms with Crippen LogP contribution in [0, 0.1) is 17.8 Å². The highest BCUT2D eigenvalue weighted by atomic mass is 16.2. The number of hydrogen-bond donors (Lipinski definition) is 2. The molecule has 0 radical (unpaired) electrons. The van der Waals surface area contributed by atoms with Crippen LogP contribution in [-0.2, 0) is 4.79 Å². The fraction of sp³-hybridized carbons (Fsp3) is 0.941. The Morgan fingerprint density at radius 3 is 2.45 bits per heavy atom. The lowest BCUT2D eigenvalue weighted by Crippen LogP contribution is -2.59. The summed E-state index contributed by atoms with van der Waals surface area (Å²) in [5.41, 5.74) is 5.77. The minimum Gasteiger partial charge on any atom is -0.351 e. The van der Waals surface area contributed by atoms with Crippen LogP contribution in [0.2, 0.25) is 0 Å². The molecule has 0 aliphatic heterocycles. The first-order valence-electron chi connectivity index (χ1n) is 8.52. The van der Waals surface area contributed by atoms with Crippen molar-refractivity contribution in [1.29, 1.82) is 0 Å². The lowest BCUT2D eigenvalue weighted by molar-refractivity contribution is -0.129. The molecular formula is C17H32N2O. The Morgan fingerprint density at radius 2 is 1.85 bits per heavy atom. The van der Waals surface area contributed by atoms with E-state index >= 15 is 0 Å². The zero-order chi connectivity index (χ0) is 14.8. The minimum atomic E-state index is -0.597. The number of nitrogens with one attached hydrogen (secondary N) is 1. The van der Waals surface area contributed by atoms with E-state index in [1.165, 1.54) is 19.3 Å². The van der Waals surface area contributed by atoms with Gasteiger partial charge in [0.25, 0.3) is 0 Å². The lowest BCUT2D eigenvalue weighted by atomic mass is 9.73. The Morgan fingerprint density at radius 1 is 1.20 bits per heavy atom. The van der Waals surface area contributed by atoms with Gasteiger partial charge in [0.2, 0.25) is 5.91 Å². The molecule has 0 aromatic heterocycles. The van der Waals surface area contributed by atoms with Gasteiger partial charge in [-0.1, -0.05) is 46.5 Å². The van der Waals surface area contributed by atoms with Gasteiger partial charge >= 0.3 is 0 Å². The quantitative estimate of drug-likeness (QED) is 0.834. The maximum atomic E-state index is 12.6.